The van der Waals surface area contributed by atoms with E-state index in [9.17, 15) is 0 Å². The lowest BCUT2D eigenvalue weighted by Crippen LogP contribution is -2.53. The van der Waals surface area contributed by atoms with Gasteiger partial charge in [-0.25, -0.2) is 0 Å². The third kappa shape index (κ3) is 1.15. The van der Waals surface area contributed by atoms with Crippen molar-refractivity contribution in [2.75, 3.05) is 0 Å². The predicted molar refractivity (Wildman–Crippen MR) is 60.0 cm³/mol. The smallest absolute Gasteiger partial charge is 0.0464 e. The van der Waals surface area contributed by atoms with E-state index in [-0.39, 0.29) is 4.87 Å². The van der Waals surface area contributed by atoms with Crippen LogP contribution in [0.15, 0.2) is 0 Å². The summed E-state index contributed by atoms with van der Waals surface area (Å²) in [5.74, 6) is 1.95. The fourth-order valence-corrected chi connectivity index (χ4v) is 6.94. The highest BCUT2D eigenvalue weighted by molar-refractivity contribution is 14.1. The fourth-order valence-electron chi connectivity index (χ4n) is 4.04. The highest BCUT2D eigenvalue weighted by Crippen LogP contribution is 2.62. The van der Waals surface area contributed by atoms with Crippen molar-refractivity contribution >= 4 is 34.2 Å². The van der Waals surface area contributed by atoms with Crippen LogP contribution in [0.1, 0.15) is 38.5 Å². The van der Waals surface area contributed by atoms with Crippen LogP contribution in [0.3, 0.4) is 0 Å². The fraction of sp³-hybridized carbons (Fsp3) is 1.00. The van der Waals surface area contributed by atoms with Gasteiger partial charge in [0.2, 0.25) is 0 Å². The van der Waals surface area contributed by atoms with E-state index in [1.807, 2.05) is 0 Å². The highest BCUT2D eigenvalue weighted by Gasteiger charge is 2.55. The number of rotatable bonds is 0. The molecule has 0 spiro atoms. The molecule has 4 aliphatic carbocycles. The standard InChI is InChI=1S/C10H14ClI/c11-9-2-7-1-8(3-9)5-10(12,4-7)6-9/h7-8H,1-6H2. The molecule has 0 heterocycles. The Morgan fingerprint density at radius 2 is 1.67 bits per heavy atom. The molecule has 0 aromatic heterocycles. The molecule has 0 N–H and O–H groups in total. The number of hydrogen-bond acceptors (Lipinski definition) is 0. The molecule has 4 saturated carbocycles. The van der Waals surface area contributed by atoms with Crippen LogP contribution < -0.4 is 0 Å². The summed E-state index contributed by atoms with van der Waals surface area (Å²) in [6, 6.07) is 0. The Morgan fingerprint density at radius 3 is 2.08 bits per heavy atom. The van der Waals surface area contributed by atoms with Gasteiger partial charge in [-0.05, 0) is 50.4 Å². The van der Waals surface area contributed by atoms with Gasteiger partial charge in [-0.3, -0.25) is 0 Å². The molecule has 4 fully saturated rings. The summed E-state index contributed by atoms with van der Waals surface area (Å²) in [5.41, 5.74) is 0. The quantitative estimate of drug-likeness (QED) is 0.472. The van der Waals surface area contributed by atoms with Crippen molar-refractivity contribution in [3.63, 3.8) is 0 Å². The lowest BCUT2D eigenvalue weighted by molar-refractivity contribution is 0.0614. The first-order chi connectivity index (χ1) is 5.57. The van der Waals surface area contributed by atoms with Crippen LogP contribution in [0.5, 0.6) is 0 Å². The zero-order valence-electron chi connectivity index (χ0n) is 7.15. The molecular weight excluding hydrogens is 282 g/mol. The second-order valence-corrected chi connectivity index (χ2v) is 8.35. The Balaban J connectivity index is 1.98. The van der Waals surface area contributed by atoms with Gasteiger partial charge in [-0.2, -0.15) is 0 Å². The molecule has 2 atom stereocenters. The summed E-state index contributed by atoms with van der Waals surface area (Å²) in [6.45, 7) is 0. The maximum atomic E-state index is 6.62. The Kier molecular flexibility index (Phi) is 1.62. The van der Waals surface area contributed by atoms with Crippen LogP contribution in [-0.2, 0) is 0 Å². The van der Waals surface area contributed by atoms with Gasteiger partial charge >= 0.3 is 0 Å². The van der Waals surface area contributed by atoms with Crippen molar-refractivity contribution in [1.82, 2.24) is 0 Å². The average molecular weight is 297 g/mol. The summed E-state index contributed by atoms with van der Waals surface area (Å²) in [6.07, 6.45) is 8.32. The normalized spacial score (nSPS) is 62.5. The van der Waals surface area contributed by atoms with E-state index in [0.29, 0.717) is 3.42 Å². The first-order valence-electron chi connectivity index (χ1n) is 4.95. The Morgan fingerprint density at radius 1 is 1.08 bits per heavy atom. The minimum Gasteiger partial charge on any atom is -0.119 e. The number of halogens is 2. The van der Waals surface area contributed by atoms with E-state index < -0.39 is 0 Å². The topological polar surface area (TPSA) is 0 Å². The summed E-state index contributed by atoms with van der Waals surface area (Å²) in [5, 5.41) is 0. The summed E-state index contributed by atoms with van der Waals surface area (Å²) >= 11 is 9.31. The van der Waals surface area contributed by atoms with E-state index in [4.69, 9.17) is 11.6 Å². The van der Waals surface area contributed by atoms with Crippen LogP contribution in [-0.4, -0.2) is 8.30 Å². The van der Waals surface area contributed by atoms with Crippen LogP contribution >= 0.6 is 34.2 Å². The van der Waals surface area contributed by atoms with Crippen molar-refractivity contribution in [3.05, 3.63) is 0 Å². The Bertz CT molecular complexity index is 192. The van der Waals surface area contributed by atoms with Crippen molar-refractivity contribution in [2.24, 2.45) is 11.8 Å². The lowest BCUT2D eigenvalue weighted by Gasteiger charge is -2.58. The molecule has 0 nitrogen and oxygen atoms in total. The van der Waals surface area contributed by atoms with Crippen LogP contribution in [0.2, 0.25) is 0 Å². The zero-order valence-corrected chi connectivity index (χ0v) is 10.1. The molecule has 4 rings (SSSR count). The predicted octanol–water partition coefficient (Wildman–Crippen LogP) is 3.75. The third-order valence-electron chi connectivity index (χ3n) is 3.92. The van der Waals surface area contributed by atoms with Crippen LogP contribution in [0, 0.1) is 11.8 Å². The van der Waals surface area contributed by atoms with Gasteiger partial charge in [-0.15, -0.1) is 11.6 Å². The van der Waals surface area contributed by atoms with Gasteiger partial charge in [-0.1, -0.05) is 22.6 Å². The minimum atomic E-state index is 0.227. The average Bonchev–Trinajstić information content (AvgIpc) is 1.75. The molecule has 0 saturated heterocycles. The summed E-state index contributed by atoms with van der Waals surface area (Å²) in [7, 11) is 0. The molecule has 12 heavy (non-hydrogen) atoms. The first kappa shape index (κ1) is 8.34. The molecule has 0 aromatic carbocycles. The summed E-state index contributed by atoms with van der Waals surface area (Å²) in [4.78, 5) is 0.227. The summed E-state index contributed by atoms with van der Waals surface area (Å²) < 4.78 is 0.601. The maximum Gasteiger partial charge on any atom is 0.0464 e. The molecule has 0 amide bonds. The monoisotopic (exact) mass is 296 g/mol. The van der Waals surface area contributed by atoms with Crippen molar-refractivity contribution in [1.29, 1.82) is 0 Å². The lowest BCUT2D eigenvalue weighted by atomic mass is 9.56. The van der Waals surface area contributed by atoms with Crippen molar-refractivity contribution in [3.8, 4) is 0 Å². The second kappa shape index (κ2) is 2.33. The molecule has 0 aromatic rings. The third-order valence-corrected chi connectivity index (χ3v) is 5.62. The SMILES string of the molecule is ClC12CC3CC(C1)CC(I)(C3)C2. The minimum absolute atomic E-state index is 0.227. The van der Waals surface area contributed by atoms with Gasteiger partial charge in [0.25, 0.3) is 0 Å². The molecular formula is C10H14ClI. The molecule has 2 unspecified atom stereocenters. The second-order valence-electron chi connectivity index (χ2n) is 5.26. The zero-order chi connectivity index (χ0) is 8.40. The Labute approximate surface area is 92.6 Å². The van der Waals surface area contributed by atoms with E-state index in [1.54, 1.807) is 0 Å². The van der Waals surface area contributed by atoms with E-state index in [1.165, 1.54) is 38.5 Å². The molecule has 2 heteroatoms. The largest absolute Gasteiger partial charge is 0.119 e. The van der Waals surface area contributed by atoms with E-state index in [2.05, 4.69) is 22.6 Å². The molecule has 0 aliphatic heterocycles. The molecule has 0 radical (unpaired) electrons. The van der Waals surface area contributed by atoms with E-state index in [0.717, 1.165) is 11.8 Å². The van der Waals surface area contributed by atoms with Crippen LogP contribution in [0.25, 0.3) is 0 Å². The van der Waals surface area contributed by atoms with Crippen LogP contribution in [0.4, 0.5) is 0 Å². The van der Waals surface area contributed by atoms with Gasteiger partial charge in [0.05, 0.1) is 0 Å². The van der Waals surface area contributed by atoms with Gasteiger partial charge in [0, 0.05) is 8.30 Å². The molecule has 4 aliphatic rings. The van der Waals surface area contributed by atoms with Gasteiger partial charge in [0.1, 0.15) is 0 Å². The number of hydrogen-bond donors (Lipinski definition) is 0. The Hall–Kier alpha value is 1.02. The van der Waals surface area contributed by atoms with Crippen molar-refractivity contribution in [2.45, 2.75) is 46.8 Å². The van der Waals surface area contributed by atoms with Gasteiger partial charge in [0.15, 0.2) is 0 Å². The molecule has 68 valence electrons. The maximum absolute atomic E-state index is 6.62. The van der Waals surface area contributed by atoms with E-state index >= 15 is 0 Å². The van der Waals surface area contributed by atoms with Crippen molar-refractivity contribution < 1.29 is 0 Å². The highest BCUT2D eigenvalue weighted by atomic mass is 127. The van der Waals surface area contributed by atoms with Gasteiger partial charge < -0.3 is 0 Å². The number of alkyl halides is 2. The molecule has 4 bridgehead atoms. The first-order valence-corrected chi connectivity index (χ1v) is 6.41.